The molecule has 1 saturated heterocycles. The van der Waals surface area contributed by atoms with Gasteiger partial charge in [0.25, 0.3) is 5.91 Å². The number of thiophene rings is 1. The summed E-state index contributed by atoms with van der Waals surface area (Å²) in [6, 6.07) is 12.1. The second-order valence-electron chi connectivity index (χ2n) is 6.98. The molecule has 0 aliphatic carbocycles. The van der Waals surface area contributed by atoms with Gasteiger partial charge < -0.3 is 15.1 Å². The third kappa shape index (κ3) is 4.14. The number of aromatic nitrogens is 2. The Morgan fingerprint density at radius 1 is 1.04 bits per heavy atom. The topological polar surface area (TPSA) is 61.4 Å². The predicted octanol–water partition coefficient (Wildman–Crippen LogP) is 3.86. The van der Waals surface area contributed by atoms with Crippen LogP contribution in [0.5, 0.6) is 0 Å². The first-order valence-corrected chi connectivity index (χ1v) is 10.3. The highest BCUT2D eigenvalue weighted by Crippen LogP contribution is 2.20. The number of amides is 1. The van der Waals surface area contributed by atoms with Crippen molar-refractivity contribution in [1.29, 1.82) is 0 Å². The maximum absolute atomic E-state index is 12.5. The molecular formula is C21H23N5OS. The average Bonchev–Trinajstić information content (AvgIpc) is 3.24. The van der Waals surface area contributed by atoms with Crippen LogP contribution in [0, 0.1) is 13.8 Å². The van der Waals surface area contributed by atoms with Gasteiger partial charge in [0.05, 0.1) is 5.56 Å². The van der Waals surface area contributed by atoms with Crippen molar-refractivity contribution in [3.05, 3.63) is 64.0 Å². The highest BCUT2D eigenvalue weighted by atomic mass is 32.1. The molecule has 0 bridgehead atoms. The van der Waals surface area contributed by atoms with Gasteiger partial charge in [0.15, 0.2) is 0 Å². The molecule has 0 spiro atoms. The standard InChI is InChI=1S/C21H23N5OS/c1-15-3-5-18(6-4-15)23-19-13-16(2)22-21(24-19)26-10-8-25(9-11-26)20(27)17-7-12-28-14-17/h3-7,12-14H,8-11H2,1-2H3,(H,22,23,24). The van der Waals surface area contributed by atoms with Gasteiger partial charge in [-0.1, -0.05) is 17.7 Å². The lowest BCUT2D eigenvalue weighted by molar-refractivity contribution is 0.0747. The number of carbonyl (C=O) groups excluding carboxylic acids is 1. The zero-order chi connectivity index (χ0) is 19.5. The Balaban J connectivity index is 1.44. The Bertz CT molecular complexity index is 947. The molecule has 28 heavy (non-hydrogen) atoms. The molecule has 0 unspecified atom stereocenters. The van der Waals surface area contributed by atoms with E-state index in [0.29, 0.717) is 19.0 Å². The Morgan fingerprint density at radius 3 is 2.46 bits per heavy atom. The Labute approximate surface area is 168 Å². The average molecular weight is 394 g/mol. The summed E-state index contributed by atoms with van der Waals surface area (Å²) in [5, 5.41) is 7.20. The molecule has 1 fully saturated rings. The minimum Gasteiger partial charge on any atom is -0.340 e. The van der Waals surface area contributed by atoms with E-state index in [4.69, 9.17) is 4.98 Å². The van der Waals surface area contributed by atoms with E-state index in [1.165, 1.54) is 5.56 Å². The SMILES string of the molecule is Cc1ccc(Nc2cc(C)nc(N3CCN(C(=O)c4ccsc4)CC3)n2)cc1. The second-order valence-corrected chi connectivity index (χ2v) is 7.76. The number of carbonyl (C=O) groups is 1. The highest BCUT2D eigenvalue weighted by molar-refractivity contribution is 7.08. The summed E-state index contributed by atoms with van der Waals surface area (Å²) >= 11 is 1.55. The van der Waals surface area contributed by atoms with Gasteiger partial charge in [0, 0.05) is 49.0 Å². The first-order valence-electron chi connectivity index (χ1n) is 9.34. The molecule has 7 heteroatoms. The number of benzene rings is 1. The summed E-state index contributed by atoms with van der Waals surface area (Å²) < 4.78 is 0. The summed E-state index contributed by atoms with van der Waals surface area (Å²) in [7, 11) is 0. The fourth-order valence-electron chi connectivity index (χ4n) is 3.22. The molecule has 1 N–H and O–H groups in total. The predicted molar refractivity (Wildman–Crippen MR) is 114 cm³/mol. The van der Waals surface area contributed by atoms with Crippen LogP contribution >= 0.6 is 11.3 Å². The molecular weight excluding hydrogens is 370 g/mol. The van der Waals surface area contributed by atoms with E-state index in [2.05, 4.69) is 34.3 Å². The maximum Gasteiger partial charge on any atom is 0.254 e. The lowest BCUT2D eigenvalue weighted by Gasteiger charge is -2.34. The quantitative estimate of drug-likeness (QED) is 0.729. The van der Waals surface area contributed by atoms with Crippen molar-refractivity contribution >= 4 is 34.7 Å². The van der Waals surface area contributed by atoms with Gasteiger partial charge in [-0.05, 0) is 37.4 Å². The molecule has 6 nitrogen and oxygen atoms in total. The van der Waals surface area contributed by atoms with E-state index in [-0.39, 0.29) is 5.91 Å². The first kappa shape index (κ1) is 18.4. The lowest BCUT2D eigenvalue weighted by atomic mass is 10.2. The van der Waals surface area contributed by atoms with Crippen molar-refractivity contribution < 1.29 is 4.79 Å². The van der Waals surface area contributed by atoms with Crippen LogP contribution < -0.4 is 10.2 Å². The van der Waals surface area contributed by atoms with Crippen LogP contribution in [0.25, 0.3) is 0 Å². The number of nitrogens with one attached hydrogen (secondary N) is 1. The van der Waals surface area contributed by atoms with Gasteiger partial charge in [-0.15, -0.1) is 0 Å². The molecule has 3 heterocycles. The molecule has 3 aromatic rings. The van der Waals surface area contributed by atoms with Crippen LogP contribution in [0.2, 0.25) is 0 Å². The summed E-state index contributed by atoms with van der Waals surface area (Å²) in [6.07, 6.45) is 0. The molecule has 1 aliphatic heterocycles. The normalized spacial score (nSPS) is 14.2. The van der Waals surface area contributed by atoms with Crippen molar-refractivity contribution in [3.63, 3.8) is 0 Å². The number of aryl methyl sites for hydroxylation is 2. The molecule has 0 radical (unpaired) electrons. The monoisotopic (exact) mass is 393 g/mol. The van der Waals surface area contributed by atoms with Crippen molar-refractivity contribution in [2.24, 2.45) is 0 Å². The Hall–Kier alpha value is -2.93. The Morgan fingerprint density at radius 2 is 1.79 bits per heavy atom. The van der Waals surface area contributed by atoms with Gasteiger partial charge >= 0.3 is 0 Å². The van der Waals surface area contributed by atoms with Crippen molar-refractivity contribution in [2.75, 3.05) is 36.4 Å². The molecule has 0 atom stereocenters. The van der Waals surface area contributed by atoms with E-state index in [1.807, 2.05) is 46.8 Å². The van der Waals surface area contributed by atoms with Crippen LogP contribution in [0.3, 0.4) is 0 Å². The maximum atomic E-state index is 12.5. The third-order valence-electron chi connectivity index (χ3n) is 4.78. The van der Waals surface area contributed by atoms with E-state index in [1.54, 1.807) is 11.3 Å². The highest BCUT2D eigenvalue weighted by Gasteiger charge is 2.24. The van der Waals surface area contributed by atoms with Crippen molar-refractivity contribution in [1.82, 2.24) is 14.9 Å². The first-order chi connectivity index (χ1) is 13.6. The largest absolute Gasteiger partial charge is 0.340 e. The number of anilines is 3. The fraction of sp³-hybridized carbons (Fsp3) is 0.286. The second kappa shape index (κ2) is 7.98. The smallest absolute Gasteiger partial charge is 0.254 e. The molecule has 2 aromatic heterocycles. The van der Waals surface area contributed by atoms with Crippen LogP contribution in [-0.2, 0) is 0 Å². The molecule has 0 saturated carbocycles. The Kier molecular flexibility index (Phi) is 5.25. The molecule has 1 aromatic carbocycles. The number of hydrogen-bond donors (Lipinski definition) is 1. The third-order valence-corrected chi connectivity index (χ3v) is 5.47. The number of piperazine rings is 1. The van der Waals surface area contributed by atoms with E-state index in [0.717, 1.165) is 35.9 Å². The summed E-state index contributed by atoms with van der Waals surface area (Å²) in [6.45, 7) is 6.84. The molecule has 144 valence electrons. The summed E-state index contributed by atoms with van der Waals surface area (Å²) in [5.41, 5.74) is 3.91. The molecule has 1 aliphatic rings. The van der Waals surface area contributed by atoms with Crippen LogP contribution in [0.1, 0.15) is 21.6 Å². The molecule has 1 amide bonds. The summed E-state index contributed by atoms with van der Waals surface area (Å²) in [5.74, 6) is 1.59. The number of nitrogens with zero attached hydrogens (tertiary/aromatic N) is 4. The van der Waals surface area contributed by atoms with E-state index >= 15 is 0 Å². The minimum atomic E-state index is 0.104. The van der Waals surface area contributed by atoms with Crippen molar-refractivity contribution in [3.8, 4) is 0 Å². The summed E-state index contributed by atoms with van der Waals surface area (Å²) in [4.78, 5) is 25.9. The van der Waals surface area contributed by atoms with Crippen molar-refractivity contribution in [2.45, 2.75) is 13.8 Å². The van der Waals surface area contributed by atoms with Gasteiger partial charge in [0.1, 0.15) is 5.82 Å². The number of rotatable bonds is 4. The van der Waals surface area contributed by atoms with E-state index in [9.17, 15) is 4.79 Å². The molecule has 4 rings (SSSR count). The van der Waals surface area contributed by atoms with E-state index < -0.39 is 0 Å². The number of hydrogen-bond acceptors (Lipinski definition) is 6. The van der Waals surface area contributed by atoms with Gasteiger partial charge in [-0.3, -0.25) is 4.79 Å². The van der Waals surface area contributed by atoms with Gasteiger partial charge in [-0.2, -0.15) is 16.3 Å². The van der Waals surface area contributed by atoms with Crippen LogP contribution in [0.15, 0.2) is 47.2 Å². The fourth-order valence-corrected chi connectivity index (χ4v) is 3.85. The van der Waals surface area contributed by atoms with Gasteiger partial charge in [0.2, 0.25) is 5.95 Å². The van der Waals surface area contributed by atoms with Crippen LogP contribution in [-0.4, -0.2) is 47.0 Å². The van der Waals surface area contributed by atoms with Crippen LogP contribution in [0.4, 0.5) is 17.5 Å². The lowest BCUT2D eigenvalue weighted by Crippen LogP contribution is -2.49. The minimum absolute atomic E-state index is 0.104. The zero-order valence-electron chi connectivity index (χ0n) is 16.1. The zero-order valence-corrected chi connectivity index (χ0v) is 16.9. The van der Waals surface area contributed by atoms with Gasteiger partial charge in [-0.25, -0.2) is 4.98 Å².